The van der Waals surface area contributed by atoms with Crippen molar-refractivity contribution in [1.29, 1.82) is 0 Å². The van der Waals surface area contributed by atoms with Gasteiger partial charge in [-0.2, -0.15) is 0 Å². The second-order valence-corrected chi connectivity index (χ2v) is 9.73. The van der Waals surface area contributed by atoms with Crippen LogP contribution in [0, 0.1) is 0 Å². The highest BCUT2D eigenvalue weighted by atomic mass is 32.2. The summed E-state index contributed by atoms with van der Waals surface area (Å²) in [6.45, 7) is 4.51. The topological polar surface area (TPSA) is 76.2 Å². The lowest BCUT2D eigenvalue weighted by Crippen LogP contribution is -2.49. The van der Waals surface area contributed by atoms with Crippen molar-refractivity contribution in [1.82, 2.24) is 9.80 Å². The number of benzene rings is 1. The molecule has 0 unspecified atom stereocenters. The van der Waals surface area contributed by atoms with Crippen LogP contribution in [0.4, 0.5) is 0 Å². The number of hydrogen-bond acceptors (Lipinski definition) is 6. The fourth-order valence-corrected chi connectivity index (χ4v) is 5.32. The summed E-state index contributed by atoms with van der Waals surface area (Å²) < 4.78 is 11.0. The Morgan fingerprint density at radius 2 is 1.75 bits per heavy atom. The summed E-state index contributed by atoms with van der Waals surface area (Å²) in [5.41, 5.74) is 0.377. The number of rotatable bonds is 7. The third-order valence-corrected chi connectivity index (χ3v) is 7.13. The minimum absolute atomic E-state index is 0.0418. The van der Waals surface area contributed by atoms with Crippen molar-refractivity contribution in [3.05, 3.63) is 29.8 Å². The molecule has 1 saturated carbocycles. The molecule has 32 heavy (non-hydrogen) atoms. The third kappa shape index (κ3) is 6.72. The molecule has 2 fully saturated rings. The van der Waals surface area contributed by atoms with Crippen LogP contribution in [0.1, 0.15) is 56.3 Å². The molecule has 176 valence electrons. The summed E-state index contributed by atoms with van der Waals surface area (Å²) in [5.74, 6) is -0.450. The van der Waals surface area contributed by atoms with Crippen molar-refractivity contribution in [2.45, 2.75) is 69.1 Å². The number of hydrogen-bond donors (Lipinski definition) is 0. The van der Waals surface area contributed by atoms with E-state index in [2.05, 4.69) is 0 Å². The molecular formula is C24H34N2O5S. The van der Waals surface area contributed by atoms with E-state index in [1.165, 1.54) is 31.0 Å². The van der Waals surface area contributed by atoms with Crippen LogP contribution in [0.25, 0.3) is 0 Å². The molecule has 1 heterocycles. The van der Waals surface area contributed by atoms with Crippen LogP contribution in [0.5, 0.6) is 0 Å². The Bertz CT molecular complexity index is 801. The number of esters is 1. The van der Waals surface area contributed by atoms with E-state index < -0.39 is 5.97 Å². The summed E-state index contributed by atoms with van der Waals surface area (Å²) in [6.07, 6.45) is 5.62. The van der Waals surface area contributed by atoms with Crippen molar-refractivity contribution in [2.75, 3.05) is 32.5 Å². The molecule has 0 N–H and O–H groups in total. The minimum Gasteiger partial charge on any atom is -0.452 e. The summed E-state index contributed by atoms with van der Waals surface area (Å²) in [6, 6.07) is 7.37. The fraction of sp³-hybridized carbons (Fsp3) is 0.625. The molecule has 0 radical (unpaired) electrons. The number of morpholine rings is 1. The van der Waals surface area contributed by atoms with Gasteiger partial charge < -0.3 is 19.3 Å². The Morgan fingerprint density at radius 3 is 2.44 bits per heavy atom. The average molecular weight is 463 g/mol. The molecule has 2 amide bonds. The average Bonchev–Trinajstić information content (AvgIpc) is 2.80. The molecular weight excluding hydrogens is 428 g/mol. The SMILES string of the molecule is C[C@H]1CN(C(=O)COC(=O)c2ccccc2SCC(=O)N(C)C2CCCCC2)C[C@H](C)O1. The monoisotopic (exact) mass is 462 g/mol. The molecule has 0 aromatic heterocycles. The third-order valence-electron chi connectivity index (χ3n) is 6.07. The minimum atomic E-state index is -0.552. The van der Waals surface area contributed by atoms with Crippen LogP contribution < -0.4 is 0 Å². The van der Waals surface area contributed by atoms with Gasteiger partial charge in [0, 0.05) is 31.1 Å². The van der Waals surface area contributed by atoms with Crippen LogP contribution in [0.3, 0.4) is 0 Å². The van der Waals surface area contributed by atoms with E-state index in [0.29, 0.717) is 29.6 Å². The molecule has 1 aliphatic heterocycles. The Hall–Kier alpha value is -2.06. The number of ether oxygens (including phenoxy) is 2. The van der Waals surface area contributed by atoms with Crippen molar-refractivity contribution in [3.8, 4) is 0 Å². The highest BCUT2D eigenvalue weighted by Gasteiger charge is 2.27. The molecule has 2 aliphatic rings. The van der Waals surface area contributed by atoms with Crippen LogP contribution in [0.15, 0.2) is 29.2 Å². The predicted octanol–water partition coefficient (Wildman–Crippen LogP) is 3.36. The zero-order valence-electron chi connectivity index (χ0n) is 19.2. The molecule has 0 bridgehead atoms. The zero-order chi connectivity index (χ0) is 23.1. The number of thioether (sulfide) groups is 1. The standard InChI is InChI=1S/C24H34N2O5S/c1-17-13-26(14-18(2)31-17)22(27)15-30-24(29)20-11-7-8-12-21(20)32-16-23(28)25(3)19-9-5-4-6-10-19/h7-8,11-12,17-19H,4-6,9-10,13-16H2,1-3H3/t17-,18-/m0/s1. The molecule has 7 nitrogen and oxygen atoms in total. The Balaban J connectivity index is 1.53. The quantitative estimate of drug-likeness (QED) is 0.457. The van der Waals surface area contributed by atoms with E-state index in [-0.39, 0.29) is 36.4 Å². The van der Waals surface area contributed by atoms with E-state index in [9.17, 15) is 14.4 Å². The molecule has 1 aromatic carbocycles. The van der Waals surface area contributed by atoms with Gasteiger partial charge in [0.1, 0.15) is 0 Å². The van der Waals surface area contributed by atoms with E-state index in [1.54, 1.807) is 17.0 Å². The first-order valence-corrected chi connectivity index (χ1v) is 12.4. The van der Waals surface area contributed by atoms with Crippen molar-refractivity contribution in [3.63, 3.8) is 0 Å². The van der Waals surface area contributed by atoms with Crippen LogP contribution in [-0.2, 0) is 19.1 Å². The summed E-state index contributed by atoms with van der Waals surface area (Å²) in [7, 11) is 1.87. The normalized spacial score (nSPS) is 21.8. The molecule has 1 aromatic rings. The summed E-state index contributed by atoms with van der Waals surface area (Å²) >= 11 is 1.33. The van der Waals surface area contributed by atoms with E-state index in [1.807, 2.05) is 37.9 Å². The lowest BCUT2D eigenvalue weighted by Gasteiger charge is -2.35. The maximum Gasteiger partial charge on any atom is 0.339 e. The highest BCUT2D eigenvalue weighted by Crippen LogP contribution is 2.26. The molecule has 8 heteroatoms. The largest absolute Gasteiger partial charge is 0.452 e. The zero-order valence-corrected chi connectivity index (χ0v) is 20.1. The first-order valence-electron chi connectivity index (χ1n) is 11.4. The Kier molecular flexibility index (Phi) is 8.99. The van der Waals surface area contributed by atoms with Crippen molar-refractivity contribution < 1.29 is 23.9 Å². The Labute approximate surface area is 194 Å². The van der Waals surface area contributed by atoms with Gasteiger partial charge in [0.2, 0.25) is 5.91 Å². The maximum absolute atomic E-state index is 12.7. The predicted molar refractivity (Wildman–Crippen MR) is 124 cm³/mol. The summed E-state index contributed by atoms with van der Waals surface area (Å²) in [4.78, 5) is 42.1. The second kappa shape index (κ2) is 11.7. The van der Waals surface area contributed by atoms with Gasteiger partial charge in [0.25, 0.3) is 5.91 Å². The molecule has 0 spiro atoms. The maximum atomic E-state index is 12.7. The van der Waals surface area contributed by atoms with Crippen molar-refractivity contribution in [2.24, 2.45) is 0 Å². The lowest BCUT2D eigenvalue weighted by molar-refractivity contribution is -0.146. The molecule has 3 rings (SSSR count). The first kappa shape index (κ1) is 24.6. The number of nitrogens with zero attached hydrogens (tertiary/aromatic N) is 2. The van der Waals surface area contributed by atoms with Crippen LogP contribution >= 0.6 is 11.8 Å². The Morgan fingerprint density at radius 1 is 1.09 bits per heavy atom. The van der Waals surface area contributed by atoms with Gasteiger partial charge in [0.05, 0.1) is 23.5 Å². The smallest absolute Gasteiger partial charge is 0.339 e. The van der Waals surface area contributed by atoms with E-state index in [0.717, 1.165) is 12.8 Å². The first-order chi connectivity index (χ1) is 15.3. The van der Waals surface area contributed by atoms with E-state index in [4.69, 9.17) is 9.47 Å². The molecule has 1 saturated heterocycles. The van der Waals surface area contributed by atoms with Gasteiger partial charge in [-0.05, 0) is 38.8 Å². The van der Waals surface area contributed by atoms with Gasteiger partial charge in [-0.25, -0.2) is 4.79 Å². The number of carbonyl (C=O) groups is 3. The lowest BCUT2D eigenvalue weighted by atomic mass is 9.94. The summed E-state index contributed by atoms with van der Waals surface area (Å²) in [5, 5.41) is 0. The number of amides is 2. The molecule has 1 aliphatic carbocycles. The van der Waals surface area contributed by atoms with Gasteiger partial charge >= 0.3 is 5.97 Å². The van der Waals surface area contributed by atoms with Gasteiger partial charge in [0.15, 0.2) is 6.61 Å². The number of carbonyl (C=O) groups excluding carboxylic acids is 3. The second-order valence-electron chi connectivity index (χ2n) is 8.71. The van der Waals surface area contributed by atoms with Crippen LogP contribution in [0.2, 0.25) is 0 Å². The van der Waals surface area contributed by atoms with E-state index >= 15 is 0 Å². The van der Waals surface area contributed by atoms with Gasteiger partial charge in [-0.1, -0.05) is 31.4 Å². The van der Waals surface area contributed by atoms with Crippen molar-refractivity contribution >= 4 is 29.5 Å². The van der Waals surface area contributed by atoms with Crippen LogP contribution in [-0.4, -0.2) is 78.3 Å². The fourth-order valence-electron chi connectivity index (χ4n) is 4.35. The van der Waals surface area contributed by atoms with Gasteiger partial charge in [-0.3, -0.25) is 9.59 Å². The van der Waals surface area contributed by atoms with Gasteiger partial charge in [-0.15, -0.1) is 11.8 Å². The molecule has 2 atom stereocenters. The highest BCUT2D eigenvalue weighted by molar-refractivity contribution is 8.00.